The van der Waals surface area contributed by atoms with Crippen molar-refractivity contribution >= 4 is 28.3 Å². The van der Waals surface area contributed by atoms with Gasteiger partial charge in [0.1, 0.15) is 17.4 Å². The van der Waals surface area contributed by atoms with Crippen molar-refractivity contribution in [3.8, 4) is 0 Å². The molecular formula is C15H14ClN3O. The molecule has 0 spiro atoms. The van der Waals surface area contributed by atoms with Crippen LogP contribution in [-0.4, -0.2) is 9.97 Å². The molecule has 2 aromatic heterocycles. The van der Waals surface area contributed by atoms with Crippen molar-refractivity contribution in [1.82, 2.24) is 9.97 Å². The lowest BCUT2D eigenvalue weighted by molar-refractivity contribution is 0.518. The minimum atomic E-state index is 0.588. The summed E-state index contributed by atoms with van der Waals surface area (Å²) in [6, 6.07) is 9.43. The first-order valence-electron chi connectivity index (χ1n) is 6.48. The topological polar surface area (TPSA) is 51.0 Å². The van der Waals surface area contributed by atoms with E-state index >= 15 is 0 Å². The van der Waals surface area contributed by atoms with E-state index in [4.69, 9.17) is 16.0 Å². The lowest BCUT2D eigenvalue weighted by Gasteiger charge is -2.09. The third-order valence-electron chi connectivity index (χ3n) is 3.03. The Labute approximate surface area is 121 Å². The zero-order valence-electron chi connectivity index (χ0n) is 11.1. The SMILES string of the molecule is CCc1nc(NCc2ccco2)c2ccc(Cl)cc2n1. The van der Waals surface area contributed by atoms with Gasteiger partial charge in [0.15, 0.2) is 0 Å². The monoisotopic (exact) mass is 287 g/mol. The lowest BCUT2D eigenvalue weighted by Crippen LogP contribution is -2.04. The smallest absolute Gasteiger partial charge is 0.138 e. The van der Waals surface area contributed by atoms with Crippen molar-refractivity contribution in [2.75, 3.05) is 5.32 Å². The number of nitrogens with one attached hydrogen (secondary N) is 1. The molecule has 0 aliphatic heterocycles. The van der Waals surface area contributed by atoms with E-state index in [1.54, 1.807) is 6.26 Å². The predicted octanol–water partition coefficient (Wildman–Crippen LogP) is 4.05. The van der Waals surface area contributed by atoms with Crippen LogP contribution in [0.5, 0.6) is 0 Å². The largest absolute Gasteiger partial charge is 0.467 e. The Hall–Kier alpha value is -2.07. The first kappa shape index (κ1) is 12.9. The summed E-state index contributed by atoms with van der Waals surface area (Å²) in [7, 11) is 0. The Kier molecular flexibility index (Phi) is 3.56. The van der Waals surface area contributed by atoms with Crippen molar-refractivity contribution in [2.45, 2.75) is 19.9 Å². The van der Waals surface area contributed by atoms with Crippen LogP contribution in [0.3, 0.4) is 0 Å². The highest BCUT2D eigenvalue weighted by Crippen LogP contribution is 2.24. The summed E-state index contributed by atoms with van der Waals surface area (Å²) < 4.78 is 5.32. The Bertz CT molecular complexity index is 725. The maximum Gasteiger partial charge on any atom is 0.138 e. The molecule has 20 heavy (non-hydrogen) atoms. The molecular weight excluding hydrogens is 274 g/mol. The fourth-order valence-corrected chi connectivity index (χ4v) is 2.19. The van der Waals surface area contributed by atoms with E-state index in [2.05, 4.69) is 15.3 Å². The highest BCUT2D eigenvalue weighted by Gasteiger charge is 2.08. The third kappa shape index (κ3) is 2.60. The van der Waals surface area contributed by atoms with Crippen LogP contribution in [0.25, 0.3) is 10.9 Å². The quantitative estimate of drug-likeness (QED) is 0.786. The minimum absolute atomic E-state index is 0.588. The highest BCUT2D eigenvalue weighted by atomic mass is 35.5. The molecule has 0 unspecified atom stereocenters. The van der Waals surface area contributed by atoms with Crippen molar-refractivity contribution in [1.29, 1.82) is 0 Å². The van der Waals surface area contributed by atoms with Gasteiger partial charge in [0.25, 0.3) is 0 Å². The molecule has 0 fully saturated rings. The van der Waals surface area contributed by atoms with Crippen LogP contribution < -0.4 is 5.32 Å². The van der Waals surface area contributed by atoms with Crippen LogP contribution in [0.1, 0.15) is 18.5 Å². The summed E-state index contributed by atoms with van der Waals surface area (Å²) in [4.78, 5) is 9.04. The van der Waals surface area contributed by atoms with Crippen LogP contribution in [0.2, 0.25) is 5.02 Å². The standard InChI is InChI=1S/C15H14ClN3O/c1-2-14-18-13-8-10(16)5-6-12(13)15(19-14)17-9-11-4-3-7-20-11/h3-8H,2,9H2,1H3,(H,17,18,19). The molecule has 3 rings (SSSR count). The maximum atomic E-state index is 6.03. The molecule has 0 atom stereocenters. The second-order valence-corrected chi connectivity index (χ2v) is 4.87. The zero-order chi connectivity index (χ0) is 13.9. The van der Waals surface area contributed by atoms with Gasteiger partial charge in [0, 0.05) is 16.8 Å². The fourth-order valence-electron chi connectivity index (χ4n) is 2.03. The van der Waals surface area contributed by atoms with Crippen molar-refractivity contribution in [2.24, 2.45) is 0 Å². The van der Waals surface area contributed by atoms with Gasteiger partial charge in [-0.05, 0) is 30.3 Å². The Morgan fingerprint density at radius 3 is 2.90 bits per heavy atom. The van der Waals surface area contributed by atoms with Crippen LogP contribution in [0, 0.1) is 0 Å². The van der Waals surface area contributed by atoms with Crippen LogP contribution in [0.15, 0.2) is 41.0 Å². The van der Waals surface area contributed by atoms with Gasteiger partial charge in [-0.3, -0.25) is 0 Å². The number of benzene rings is 1. The average Bonchev–Trinajstić information content (AvgIpc) is 2.97. The normalized spacial score (nSPS) is 10.9. The number of hydrogen-bond donors (Lipinski definition) is 1. The third-order valence-corrected chi connectivity index (χ3v) is 3.27. The van der Waals surface area contributed by atoms with E-state index in [0.29, 0.717) is 11.6 Å². The van der Waals surface area contributed by atoms with Gasteiger partial charge in [-0.2, -0.15) is 0 Å². The second-order valence-electron chi connectivity index (χ2n) is 4.44. The molecule has 0 bridgehead atoms. The molecule has 1 N–H and O–H groups in total. The predicted molar refractivity (Wildman–Crippen MR) is 80.0 cm³/mol. The molecule has 0 amide bonds. The van der Waals surface area contributed by atoms with Crippen LogP contribution in [-0.2, 0) is 13.0 Å². The molecule has 3 aromatic rings. The van der Waals surface area contributed by atoms with E-state index < -0.39 is 0 Å². The summed E-state index contributed by atoms with van der Waals surface area (Å²) >= 11 is 6.03. The molecule has 5 heteroatoms. The van der Waals surface area contributed by atoms with Gasteiger partial charge in [-0.15, -0.1) is 0 Å². The summed E-state index contributed by atoms with van der Waals surface area (Å²) in [5.41, 5.74) is 0.853. The molecule has 0 radical (unpaired) electrons. The number of halogens is 1. The van der Waals surface area contributed by atoms with E-state index in [9.17, 15) is 0 Å². The molecule has 4 nitrogen and oxygen atoms in total. The van der Waals surface area contributed by atoms with Gasteiger partial charge >= 0.3 is 0 Å². The van der Waals surface area contributed by atoms with Gasteiger partial charge in [-0.1, -0.05) is 18.5 Å². The van der Waals surface area contributed by atoms with Crippen molar-refractivity contribution in [3.63, 3.8) is 0 Å². The van der Waals surface area contributed by atoms with Gasteiger partial charge < -0.3 is 9.73 Å². The minimum Gasteiger partial charge on any atom is -0.467 e. The molecule has 0 saturated carbocycles. The maximum absolute atomic E-state index is 6.03. The lowest BCUT2D eigenvalue weighted by atomic mass is 10.2. The zero-order valence-corrected chi connectivity index (χ0v) is 11.8. The Balaban J connectivity index is 1.99. The first-order chi connectivity index (χ1) is 9.76. The molecule has 0 aliphatic carbocycles. The number of anilines is 1. The number of fused-ring (bicyclic) bond motifs is 1. The van der Waals surface area contributed by atoms with E-state index in [1.165, 1.54) is 0 Å². The number of furan rings is 1. The molecule has 0 aliphatic rings. The summed E-state index contributed by atoms with van der Waals surface area (Å²) in [5, 5.41) is 4.93. The first-order valence-corrected chi connectivity index (χ1v) is 6.86. The van der Waals surface area contributed by atoms with E-state index in [-0.39, 0.29) is 0 Å². The van der Waals surface area contributed by atoms with E-state index in [1.807, 2.05) is 37.3 Å². The molecule has 102 valence electrons. The van der Waals surface area contributed by atoms with Crippen LogP contribution >= 0.6 is 11.6 Å². The highest BCUT2D eigenvalue weighted by molar-refractivity contribution is 6.31. The summed E-state index contributed by atoms with van der Waals surface area (Å²) in [6.07, 6.45) is 2.43. The Morgan fingerprint density at radius 1 is 1.25 bits per heavy atom. The summed E-state index contributed by atoms with van der Waals surface area (Å²) in [6.45, 7) is 2.62. The molecule has 0 saturated heterocycles. The Morgan fingerprint density at radius 2 is 2.15 bits per heavy atom. The van der Waals surface area contributed by atoms with Crippen molar-refractivity contribution < 1.29 is 4.42 Å². The number of hydrogen-bond acceptors (Lipinski definition) is 4. The number of aryl methyl sites for hydroxylation is 1. The second kappa shape index (κ2) is 5.51. The number of nitrogens with zero attached hydrogens (tertiary/aromatic N) is 2. The molecule has 2 heterocycles. The average molecular weight is 288 g/mol. The van der Waals surface area contributed by atoms with Gasteiger partial charge in [-0.25, -0.2) is 9.97 Å². The van der Waals surface area contributed by atoms with Crippen LogP contribution in [0.4, 0.5) is 5.82 Å². The molecule has 1 aromatic carbocycles. The summed E-state index contributed by atoms with van der Waals surface area (Å²) in [5.74, 6) is 2.46. The number of aromatic nitrogens is 2. The van der Waals surface area contributed by atoms with Gasteiger partial charge in [0.2, 0.25) is 0 Å². The van der Waals surface area contributed by atoms with Crippen molar-refractivity contribution in [3.05, 3.63) is 53.2 Å². The van der Waals surface area contributed by atoms with E-state index in [0.717, 1.165) is 34.7 Å². The number of rotatable bonds is 4. The fraction of sp³-hybridized carbons (Fsp3) is 0.200. The van der Waals surface area contributed by atoms with Gasteiger partial charge in [0.05, 0.1) is 18.3 Å².